The van der Waals surface area contributed by atoms with E-state index in [1.807, 2.05) is 32.0 Å². The molecule has 7 heteroatoms. The normalized spacial score (nSPS) is 15.9. The Kier molecular flexibility index (Phi) is 5.37. The first-order chi connectivity index (χ1) is 12.3. The number of sulfonamides is 1. The number of piperazine rings is 1. The second kappa shape index (κ2) is 7.39. The van der Waals surface area contributed by atoms with Gasteiger partial charge in [0.1, 0.15) is 0 Å². The van der Waals surface area contributed by atoms with Gasteiger partial charge in [0.15, 0.2) is 0 Å². The van der Waals surface area contributed by atoms with Crippen LogP contribution in [0.25, 0.3) is 0 Å². The van der Waals surface area contributed by atoms with Gasteiger partial charge in [0.05, 0.1) is 4.90 Å². The minimum atomic E-state index is -3.61. The summed E-state index contributed by atoms with van der Waals surface area (Å²) in [4.78, 5) is 14.5. The summed E-state index contributed by atoms with van der Waals surface area (Å²) < 4.78 is 27.0. The van der Waals surface area contributed by atoms with Crippen molar-refractivity contribution in [2.24, 2.45) is 0 Å². The number of aryl methyl sites for hydroxylation is 2. The van der Waals surface area contributed by atoms with E-state index in [1.165, 1.54) is 10.4 Å². The molecule has 3 rings (SSSR count). The third kappa shape index (κ3) is 3.77. The number of halogens is 1. The Morgan fingerprint density at radius 1 is 1.00 bits per heavy atom. The summed E-state index contributed by atoms with van der Waals surface area (Å²) in [5, 5.41) is 0.430. The molecule has 0 spiro atoms. The first kappa shape index (κ1) is 18.9. The molecule has 2 aromatic carbocycles. The monoisotopic (exact) mass is 392 g/mol. The van der Waals surface area contributed by atoms with Crippen LogP contribution in [0.4, 0.5) is 0 Å². The average Bonchev–Trinajstić information content (AvgIpc) is 2.63. The molecular formula is C19H21ClN2O3S. The molecule has 0 atom stereocenters. The fourth-order valence-corrected chi connectivity index (χ4v) is 4.67. The molecule has 0 aromatic heterocycles. The summed E-state index contributed by atoms with van der Waals surface area (Å²) in [5.74, 6) is -0.0656. The number of benzene rings is 2. The topological polar surface area (TPSA) is 57.7 Å². The molecule has 0 bridgehead atoms. The maximum atomic E-state index is 12.8. The van der Waals surface area contributed by atoms with E-state index in [4.69, 9.17) is 11.6 Å². The van der Waals surface area contributed by atoms with Gasteiger partial charge in [-0.05, 0) is 43.7 Å². The van der Waals surface area contributed by atoms with Crippen molar-refractivity contribution in [1.82, 2.24) is 9.21 Å². The van der Waals surface area contributed by atoms with Crippen LogP contribution in [0.1, 0.15) is 21.5 Å². The highest BCUT2D eigenvalue weighted by atomic mass is 35.5. The van der Waals surface area contributed by atoms with E-state index in [0.717, 1.165) is 11.1 Å². The number of carbonyl (C=O) groups excluding carboxylic acids is 1. The standard InChI is InChI=1S/C19H21ClN2O3S/c1-14-4-3-5-16(12-14)19(23)21-8-10-22(11-9-21)26(24,25)17-7-6-15(2)18(20)13-17/h3-7,12-13H,8-11H2,1-2H3. The molecule has 0 radical (unpaired) electrons. The van der Waals surface area contributed by atoms with Gasteiger partial charge in [-0.2, -0.15) is 4.31 Å². The van der Waals surface area contributed by atoms with Crippen LogP contribution >= 0.6 is 11.6 Å². The maximum Gasteiger partial charge on any atom is 0.253 e. The van der Waals surface area contributed by atoms with E-state index in [1.54, 1.807) is 23.1 Å². The Morgan fingerprint density at radius 3 is 2.31 bits per heavy atom. The van der Waals surface area contributed by atoms with Crippen LogP contribution in [0.15, 0.2) is 47.4 Å². The number of amides is 1. The van der Waals surface area contributed by atoms with E-state index in [0.29, 0.717) is 23.7 Å². The van der Waals surface area contributed by atoms with Gasteiger partial charge in [0.2, 0.25) is 10.0 Å². The van der Waals surface area contributed by atoms with Crippen LogP contribution in [0.2, 0.25) is 5.02 Å². The Hall–Kier alpha value is -1.89. The molecule has 0 N–H and O–H groups in total. The van der Waals surface area contributed by atoms with E-state index in [-0.39, 0.29) is 23.9 Å². The molecule has 5 nitrogen and oxygen atoms in total. The van der Waals surface area contributed by atoms with Gasteiger partial charge in [0.25, 0.3) is 5.91 Å². The predicted octanol–water partition coefficient (Wildman–Crippen LogP) is 3.10. The summed E-state index contributed by atoms with van der Waals surface area (Å²) in [5.41, 5.74) is 2.49. The first-order valence-electron chi connectivity index (χ1n) is 8.41. The number of hydrogen-bond acceptors (Lipinski definition) is 3. The molecule has 1 saturated heterocycles. The fourth-order valence-electron chi connectivity index (χ4n) is 2.98. The summed E-state index contributed by atoms with van der Waals surface area (Å²) in [7, 11) is -3.61. The van der Waals surface area contributed by atoms with Crippen LogP contribution in [-0.4, -0.2) is 49.7 Å². The molecule has 1 aliphatic rings. The maximum absolute atomic E-state index is 12.8. The van der Waals surface area contributed by atoms with E-state index in [9.17, 15) is 13.2 Å². The van der Waals surface area contributed by atoms with Crippen molar-refractivity contribution >= 4 is 27.5 Å². The van der Waals surface area contributed by atoms with E-state index >= 15 is 0 Å². The molecule has 1 fully saturated rings. The van der Waals surface area contributed by atoms with Gasteiger partial charge in [0, 0.05) is 36.8 Å². The largest absolute Gasteiger partial charge is 0.336 e. The van der Waals surface area contributed by atoms with Crippen LogP contribution in [0.3, 0.4) is 0 Å². The molecule has 0 aliphatic carbocycles. The van der Waals surface area contributed by atoms with Crippen LogP contribution in [0, 0.1) is 13.8 Å². The van der Waals surface area contributed by atoms with Gasteiger partial charge >= 0.3 is 0 Å². The van der Waals surface area contributed by atoms with Gasteiger partial charge in [-0.25, -0.2) is 8.42 Å². The fraction of sp³-hybridized carbons (Fsp3) is 0.316. The minimum absolute atomic E-state index is 0.0656. The molecular weight excluding hydrogens is 372 g/mol. The Morgan fingerprint density at radius 2 is 1.69 bits per heavy atom. The number of nitrogens with zero attached hydrogens (tertiary/aromatic N) is 2. The van der Waals surface area contributed by atoms with Crippen LogP contribution in [0.5, 0.6) is 0 Å². The number of rotatable bonds is 3. The first-order valence-corrected chi connectivity index (χ1v) is 10.2. The summed E-state index contributed by atoms with van der Waals surface area (Å²) in [6.45, 7) is 5.04. The van der Waals surface area contributed by atoms with Crippen LogP contribution < -0.4 is 0 Å². The zero-order chi connectivity index (χ0) is 18.9. The number of hydrogen-bond donors (Lipinski definition) is 0. The lowest BCUT2D eigenvalue weighted by atomic mass is 10.1. The SMILES string of the molecule is Cc1cccc(C(=O)N2CCN(S(=O)(=O)c3ccc(C)c(Cl)c3)CC2)c1. The lowest BCUT2D eigenvalue weighted by Gasteiger charge is -2.34. The lowest BCUT2D eigenvalue weighted by Crippen LogP contribution is -2.50. The summed E-state index contributed by atoms with van der Waals surface area (Å²) in [6, 6.07) is 12.2. The predicted molar refractivity (Wildman–Crippen MR) is 102 cm³/mol. The van der Waals surface area contributed by atoms with Gasteiger partial charge < -0.3 is 4.90 Å². The summed E-state index contributed by atoms with van der Waals surface area (Å²) >= 11 is 6.07. The van der Waals surface area contributed by atoms with Crippen molar-refractivity contribution < 1.29 is 13.2 Å². The van der Waals surface area contributed by atoms with Gasteiger partial charge in [-0.15, -0.1) is 0 Å². The smallest absolute Gasteiger partial charge is 0.253 e. The molecule has 1 aliphatic heterocycles. The highest BCUT2D eigenvalue weighted by Gasteiger charge is 2.30. The third-order valence-corrected chi connectivity index (χ3v) is 6.87. The quantitative estimate of drug-likeness (QED) is 0.806. The molecule has 2 aromatic rings. The van der Waals surface area contributed by atoms with Crippen molar-refractivity contribution in [3.05, 3.63) is 64.2 Å². The van der Waals surface area contributed by atoms with E-state index < -0.39 is 10.0 Å². The van der Waals surface area contributed by atoms with Gasteiger partial charge in [-0.1, -0.05) is 35.4 Å². The molecule has 0 saturated carbocycles. The Bertz CT molecular complexity index is 936. The highest BCUT2D eigenvalue weighted by molar-refractivity contribution is 7.89. The zero-order valence-electron chi connectivity index (χ0n) is 14.8. The van der Waals surface area contributed by atoms with Crippen LogP contribution in [-0.2, 0) is 10.0 Å². The lowest BCUT2D eigenvalue weighted by molar-refractivity contribution is 0.0698. The van der Waals surface area contributed by atoms with Crippen molar-refractivity contribution in [3.8, 4) is 0 Å². The Balaban J connectivity index is 1.71. The van der Waals surface area contributed by atoms with E-state index in [2.05, 4.69) is 0 Å². The molecule has 1 amide bonds. The van der Waals surface area contributed by atoms with Crippen molar-refractivity contribution in [2.45, 2.75) is 18.7 Å². The van der Waals surface area contributed by atoms with Gasteiger partial charge in [-0.3, -0.25) is 4.79 Å². The third-order valence-electron chi connectivity index (χ3n) is 4.57. The van der Waals surface area contributed by atoms with Crippen molar-refractivity contribution in [1.29, 1.82) is 0 Å². The average molecular weight is 393 g/mol. The highest BCUT2D eigenvalue weighted by Crippen LogP contribution is 2.24. The zero-order valence-corrected chi connectivity index (χ0v) is 16.3. The molecule has 138 valence electrons. The Labute approximate surface area is 159 Å². The van der Waals surface area contributed by atoms with Crippen molar-refractivity contribution in [3.63, 3.8) is 0 Å². The number of carbonyl (C=O) groups is 1. The second-order valence-electron chi connectivity index (χ2n) is 6.48. The van der Waals surface area contributed by atoms with Crippen molar-refractivity contribution in [2.75, 3.05) is 26.2 Å². The molecule has 26 heavy (non-hydrogen) atoms. The minimum Gasteiger partial charge on any atom is -0.336 e. The molecule has 0 unspecified atom stereocenters. The summed E-state index contributed by atoms with van der Waals surface area (Å²) in [6.07, 6.45) is 0. The second-order valence-corrected chi connectivity index (χ2v) is 8.82. The molecule has 1 heterocycles.